The lowest BCUT2D eigenvalue weighted by molar-refractivity contribution is 0.0875. The highest BCUT2D eigenvalue weighted by molar-refractivity contribution is 6.30. The second-order valence-electron chi connectivity index (χ2n) is 6.36. The Bertz CT molecular complexity index is 701. The Morgan fingerprint density at radius 2 is 2.13 bits per heavy atom. The number of fused-ring (bicyclic) bond motifs is 2. The Labute approximate surface area is 139 Å². The Kier molecular flexibility index (Phi) is 3.83. The molecule has 120 valence electrons. The number of hydrogen-bond acceptors (Lipinski definition) is 4. The smallest absolute Gasteiger partial charge is 0.307 e. The van der Waals surface area contributed by atoms with Gasteiger partial charge in [0, 0.05) is 29.7 Å². The van der Waals surface area contributed by atoms with E-state index in [0.29, 0.717) is 16.7 Å². The number of rotatable bonds is 3. The van der Waals surface area contributed by atoms with Crippen molar-refractivity contribution in [2.24, 2.45) is 5.92 Å². The maximum Gasteiger partial charge on any atom is 0.307 e. The van der Waals surface area contributed by atoms with Crippen LogP contribution < -0.4 is 5.32 Å². The summed E-state index contributed by atoms with van der Waals surface area (Å²) in [6.45, 7) is 3.25. The zero-order chi connectivity index (χ0) is 15.8. The van der Waals surface area contributed by atoms with Gasteiger partial charge in [-0.05, 0) is 49.6 Å². The maximum atomic E-state index is 12.3. The van der Waals surface area contributed by atoms with Crippen molar-refractivity contribution in [2.75, 3.05) is 19.6 Å². The van der Waals surface area contributed by atoms with Gasteiger partial charge in [0.15, 0.2) is 5.76 Å². The number of benzene rings is 1. The van der Waals surface area contributed by atoms with Gasteiger partial charge in [-0.25, -0.2) is 4.98 Å². The molecule has 0 aliphatic carbocycles. The van der Waals surface area contributed by atoms with Crippen LogP contribution in [-0.4, -0.2) is 41.5 Å². The fraction of sp³-hybridized carbons (Fsp3) is 0.412. The minimum atomic E-state index is -0.238. The van der Waals surface area contributed by atoms with Crippen molar-refractivity contribution in [3.05, 3.63) is 41.4 Å². The summed E-state index contributed by atoms with van der Waals surface area (Å²) < 4.78 is 5.60. The standard InChI is InChI=1S/C17H18ClN3O2/c18-13-3-1-12(2-4-13)15-8-19-17(23-15)16(22)20-14-7-11-5-6-21(9-11)10-14/h1-4,8,11,14H,5-7,9-10H2,(H,20,22)/t11-,14+/m0/s1. The number of oxazole rings is 1. The monoisotopic (exact) mass is 331 g/mol. The Morgan fingerprint density at radius 3 is 2.91 bits per heavy atom. The second-order valence-corrected chi connectivity index (χ2v) is 6.79. The van der Waals surface area contributed by atoms with Crippen LogP contribution in [0.15, 0.2) is 34.9 Å². The number of nitrogens with one attached hydrogen (secondary N) is 1. The Morgan fingerprint density at radius 1 is 1.30 bits per heavy atom. The third kappa shape index (κ3) is 3.12. The molecular formula is C17H18ClN3O2. The van der Waals surface area contributed by atoms with E-state index in [9.17, 15) is 4.79 Å². The van der Waals surface area contributed by atoms with E-state index in [4.69, 9.17) is 16.0 Å². The maximum absolute atomic E-state index is 12.3. The van der Waals surface area contributed by atoms with Gasteiger partial charge in [0.05, 0.1) is 6.20 Å². The molecule has 3 heterocycles. The van der Waals surface area contributed by atoms with Crippen molar-refractivity contribution in [3.8, 4) is 11.3 Å². The van der Waals surface area contributed by atoms with E-state index in [1.54, 1.807) is 18.3 Å². The molecule has 5 nitrogen and oxygen atoms in total. The molecular weight excluding hydrogens is 314 g/mol. The summed E-state index contributed by atoms with van der Waals surface area (Å²) in [5.41, 5.74) is 0.850. The van der Waals surface area contributed by atoms with Crippen LogP contribution in [0.25, 0.3) is 11.3 Å². The molecule has 1 amide bonds. The van der Waals surface area contributed by atoms with Crippen LogP contribution in [0.4, 0.5) is 0 Å². The number of piperidine rings is 1. The third-order valence-electron chi connectivity index (χ3n) is 4.63. The van der Waals surface area contributed by atoms with Crippen molar-refractivity contribution < 1.29 is 9.21 Å². The van der Waals surface area contributed by atoms with Crippen LogP contribution in [-0.2, 0) is 0 Å². The number of amides is 1. The normalized spacial score (nSPS) is 26.2. The average molecular weight is 332 g/mol. The molecule has 2 aliphatic rings. The minimum Gasteiger partial charge on any atom is -0.432 e. The summed E-state index contributed by atoms with van der Waals surface area (Å²) in [6, 6.07) is 7.44. The van der Waals surface area contributed by atoms with E-state index in [1.807, 2.05) is 12.1 Å². The van der Waals surface area contributed by atoms with Gasteiger partial charge < -0.3 is 14.6 Å². The van der Waals surface area contributed by atoms with Crippen molar-refractivity contribution >= 4 is 17.5 Å². The molecule has 2 aromatic rings. The second kappa shape index (κ2) is 5.98. The quantitative estimate of drug-likeness (QED) is 0.939. The third-order valence-corrected chi connectivity index (χ3v) is 4.88. The molecule has 0 spiro atoms. The summed E-state index contributed by atoms with van der Waals surface area (Å²) >= 11 is 5.88. The molecule has 1 aromatic carbocycles. The highest BCUT2D eigenvalue weighted by Crippen LogP contribution is 2.27. The molecule has 1 unspecified atom stereocenters. The molecule has 1 aromatic heterocycles. The van der Waals surface area contributed by atoms with E-state index < -0.39 is 0 Å². The molecule has 2 fully saturated rings. The average Bonchev–Trinajstić information content (AvgIpc) is 3.15. The number of carbonyl (C=O) groups is 1. The summed E-state index contributed by atoms with van der Waals surface area (Å²) in [5, 5.41) is 3.71. The van der Waals surface area contributed by atoms with Crippen molar-refractivity contribution in [1.82, 2.24) is 15.2 Å². The van der Waals surface area contributed by atoms with Crippen molar-refractivity contribution in [1.29, 1.82) is 0 Å². The fourth-order valence-corrected chi connectivity index (χ4v) is 3.66. The lowest BCUT2D eigenvalue weighted by Crippen LogP contribution is -2.47. The predicted octanol–water partition coefficient (Wildman–Crippen LogP) is 2.82. The lowest BCUT2D eigenvalue weighted by Gasteiger charge is -2.30. The Hall–Kier alpha value is -1.85. The summed E-state index contributed by atoms with van der Waals surface area (Å²) in [4.78, 5) is 18.9. The first-order valence-corrected chi connectivity index (χ1v) is 8.30. The summed E-state index contributed by atoms with van der Waals surface area (Å²) in [5.74, 6) is 1.16. The van der Waals surface area contributed by atoms with Crippen LogP contribution in [0.1, 0.15) is 23.5 Å². The zero-order valence-corrected chi connectivity index (χ0v) is 13.4. The van der Waals surface area contributed by atoms with E-state index >= 15 is 0 Å². The first-order chi connectivity index (χ1) is 11.2. The molecule has 6 heteroatoms. The van der Waals surface area contributed by atoms with E-state index in [-0.39, 0.29) is 17.8 Å². The highest BCUT2D eigenvalue weighted by atomic mass is 35.5. The topological polar surface area (TPSA) is 58.4 Å². The number of nitrogens with zero attached hydrogens (tertiary/aromatic N) is 2. The largest absolute Gasteiger partial charge is 0.432 e. The van der Waals surface area contributed by atoms with Gasteiger partial charge in [-0.1, -0.05) is 11.6 Å². The molecule has 3 atom stereocenters. The molecule has 1 N–H and O–H groups in total. The number of hydrogen-bond donors (Lipinski definition) is 1. The molecule has 0 radical (unpaired) electrons. The molecule has 4 rings (SSSR count). The summed E-state index contributed by atoms with van der Waals surface area (Å²) in [6.07, 6.45) is 3.87. The SMILES string of the molecule is O=C(N[C@@H]1C[C@@H]2CCN(C2)C1)c1ncc(-c2ccc(Cl)cc2)o1. The van der Waals surface area contributed by atoms with Crippen LogP contribution >= 0.6 is 11.6 Å². The molecule has 2 aliphatic heterocycles. The number of halogens is 1. The Balaban J connectivity index is 1.44. The van der Waals surface area contributed by atoms with E-state index in [0.717, 1.165) is 25.1 Å². The number of aromatic nitrogens is 1. The summed E-state index contributed by atoms with van der Waals surface area (Å²) in [7, 11) is 0. The first-order valence-electron chi connectivity index (χ1n) is 7.92. The van der Waals surface area contributed by atoms with Gasteiger partial charge in [0.25, 0.3) is 5.89 Å². The molecule has 2 bridgehead atoms. The van der Waals surface area contributed by atoms with Gasteiger partial charge in [-0.3, -0.25) is 4.79 Å². The van der Waals surface area contributed by atoms with Crippen LogP contribution in [0, 0.1) is 5.92 Å². The van der Waals surface area contributed by atoms with Crippen molar-refractivity contribution in [2.45, 2.75) is 18.9 Å². The van der Waals surface area contributed by atoms with Crippen LogP contribution in [0.5, 0.6) is 0 Å². The molecule has 23 heavy (non-hydrogen) atoms. The van der Waals surface area contributed by atoms with Gasteiger partial charge in [-0.2, -0.15) is 0 Å². The van der Waals surface area contributed by atoms with Crippen molar-refractivity contribution in [3.63, 3.8) is 0 Å². The van der Waals surface area contributed by atoms with Gasteiger partial charge in [0.1, 0.15) is 0 Å². The van der Waals surface area contributed by atoms with Crippen LogP contribution in [0.2, 0.25) is 5.02 Å². The molecule has 2 saturated heterocycles. The molecule has 0 saturated carbocycles. The van der Waals surface area contributed by atoms with Gasteiger partial charge >= 0.3 is 5.91 Å². The van der Waals surface area contributed by atoms with E-state index in [2.05, 4.69) is 15.2 Å². The lowest BCUT2D eigenvalue weighted by atomic mass is 9.97. The fourth-order valence-electron chi connectivity index (χ4n) is 3.54. The number of carbonyl (C=O) groups excluding carboxylic acids is 1. The van der Waals surface area contributed by atoms with Gasteiger partial charge in [-0.15, -0.1) is 0 Å². The zero-order valence-electron chi connectivity index (χ0n) is 12.7. The van der Waals surface area contributed by atoms with Gasteiger partial charge in [0.2, 0.25) is 0 Å². The first kappa shape index (κ1) is 14.7. The van der Waals surface area contributed by atoms with E-state index in [1.165, 1.54) is 13.0 Å². The minimum absolute atomic E-state index is 0.114. The predicted molar refractivity (Wildman–Crippen MR) is 87.4 cm³/mol. The highest BCUT2D eigenvalue weighted by Gasteiger charge is 2.33. The van der Waals surface area contributed by atoms with Crippen LogP contribution in [0.3, 0.4) is 0 Å².